The zero-order valence-electron chi connectivity index (χ0n) is 9.45. The lowest BCUT2D eigenvalue weighted by molar-refractivity contribution is 0.200. The first kappa shape index (κ1) is 11.7. The number of anilines is 1. The largest absolute Gasteiger partial charge is 0.474 e. The number of rotatable bonds is 5. The Balaban J connectivity index is 2.76. The van der Waals surface area contributed by atoms with Crippen molar-refractivity contribution < 1.29 is 4.74 Å². The highest BCUT2D eigenvalue weighted by molar-refractivity contribution is 5.46. The average Bonchev–Trinajstić information content (AvgIpc) is 2.21. The van der Waals surface area contributed by atoms with E-state index in [9.17, 15) is 0 Å². The maximum atomic E-state index is 5.68. The topological polar surface area (TPSA) is 73.1 Å². The molecule has 84 valence electrons. The zero-order chi connectivity index (χ0) is 11.3. The lowest BCUT2D eigenvalue weighted by atomic mass is 10.2. The highest BCUT2D eigenvalue weighted by atomic mass is 16.5. The number of ether oxygens (including phenoxy) is 1. The van der Waals surface area contributed by atoms with Gasteiger partial charge in [-0.25, -0.2) is 15.8 Å². The summed E-state index contributed by atoms with van der Waals surface area (Å²) in [6.45, 7) is 6.03. The van der Waals surface area contributed by atoms with Gasteiger partial charge in [0.05, 0.1) is 11.7 Å². The molecule has 0 aliphatic rings. The van der Waals surface area contributed by atoms with E-state index in [4.69, 9.17) is 10.6 Å². The summed E-state index contributed by atoms with van der Waals surface area (Å²) >= 11 is 0. The maximum Gasteiger partial charge on any atom is 0.221 e. The summed E-state index contributed by atoms with van der Waals surface area (Å²) in [7, 11) is 0. The molecule has 5 nitrogen and oxygen atoms in total. The number of hydrogen-bond donors (Lipinski definition) is 2. The predicted octanol–water partition coefficient (Wildman–Crippen LogP) is 1.64. The average molecular weight is 210 g/mol. The van der Waals surface area contributed by atoms with Crippen molar-refractivity contribution in [2.24, 2.45) is 5.84 Å². The van der Waals surface area contributed by atoms with Crippen molar-refractivity contribution in [3.8, 4) is 5.88 Å². The molecular weight excluding hydrogens is 192 g/mol. The van der Waals surface area contributed by atoms with Gasteiger partial charge in [0.1, 0.15) is 12.1 Å². The van der Waals surface area contributed by atoms with Crippen LogP contribution in [-0.2, 0) is 0 Å². The van der Waals surface area contributed by atoms with Crippen LogP contribution in [0.1, 0.15) is 32.3 Å². The number of aromatic nitrogens is 2. The third-order valence-corrected chi connectivity index (χ3v) is 2.18. The second-order valence-corrected chi connectivity index (χ2v) is 3.51. The number of nitrogen functional groups attached to an aromatic ring is 1. The maximum absolute atomic E-state index is 5.68. The van der Waals surface area contributed by atoms with Crippen LogP contribution in [0.15, 0.2) is 6.33 Å². The van der Waals surface area contributed by atoms with Crippen LogP contribution < -0.4 is 16.0 Å². The van der Waals surface area contributed by atoms with E-state index in [-0.39, 0.29) is 6.10 Å². The molecule has 0 saturated carbocycles. The van der Waals surface area contributed by atoms with Crippen molar-refractivity contribution in [2.75, 3.05) is 5.43 Å². The number of nitrogens with zero attached hydrogens (tertiary/aromatic N) is 2. The minimum Gasteiger partial charge on any atom is -0.474 e. The molecular formula is C10H18N4O. The van der Waals surface area contributed by atoms with E-state index in [2.05, 4.69) is 22.3 Å². The van der Waals surface area contributed by atoms with Crippen molar-refractivity contribution in [1.29, 1.82) is 0 Å². The molecule has 1 aromatic heterocycles. The van der Waals surface area contributed by atoms with Gasteiger partial charge in [-0.15, -0.1) is 0 Å². The lowest BCUT2D eigenvalue weighted by Gasteiger charge is -2.15. The van der Waals surface area contributed by atoms with Gasteiger partial charge in [0.2, 0.25) is 5.88 Å². The number of hydrazine groups is 1. The Bertz CT molecular complexity index is 316. The molecule has 1 aromatic rings. The Kier molecular flexibility index (Phi) is 4.30. The fourth-order valence-electron chi connectivity index (χ4n) is 1.35. The van der Waals surface area contributed by atoms with Crippen LogP contribution in [0.25, 0.3) is 0 Å². The molecule has 0 fully saturated rings. The predicted molar refractivity (Wildman–Crippen MR) is 59.6 cm³/mol. The van der Waals surface area contributed by atoms with Crippen molar-refractivity contribution in [2.45, 2.75) is 39.7 Å². The molecule has 0 aliphatic carbocycles. The first-order chi connectivity index (χ1) is 7.19. The standard InChI is InChI=1S/C10H18N4O/c1-4-5-7(2)15-10-8(3)9(14-11)12-6-13-10/h6-7H,4-5,11H2,1-3H3,(H,12,13,14). The molecule has 3 N–H and O–H groups in total. The number of nitrogens with two attached hydrogens (primary N) is 1. The number of hydrogen-bond acceptors (Lipinski definition) is 5. The minimum atomic E-state index is 0.161. The molecule has 0 amide bonds. The van der Waals surface area contributed by atoms with Gasteiger partial charge in [-0.3, -0.25) is 0 Å². The van der Waals surface area contributed by atoms with Gasteiger partial charge in [-0.1, -0.05) is 13.3 Å². The van der Waals surface area contributed by atoms with Crippen LogP contribution in [0.2, 0.25) is 0 Å². The molecule has 1 heterocycles. The van der Waals surface area contributed by atoms with Gasteiger partial charge in [0, 0.05) is 0 Å². The third kappa shape index (κ3) is 3.06. The van der Waals surface area contributed by atoms with Crippen LogP contribution >= 0.6 is 0 Å². The van der Waals surface area contributed by atoms with Gasteiger partial charge in [0.15, 0.2) is 0 Å². The van der Waals surface area contributed by atoms with Crippen LogP contribution in [0, 0.1) is 6.92 Å². The molecule has 0 bridgehead atoms. The minimum absolute atomic E-state index is 0.161. The van der Waals surface area contributed by atoms with Crippen molar-refractivity contribution in [3.63, 3.8) is 0 Å². The van der Waals surface area contributed by atoms with Crippen molar-refractivity contribution in [3.05, 3.63) is 11.9 Å². The smallest absolute Gasteiger partial charge is 0.221 e. The second-order valence-electron chi connectivity index (χ2n) is 3.51. The van der Waals surface area contributed by atoms with Gasteiger partial charge in [-0.05, 0) is 20.3 Å². The summed E-state index contributed by atoms with van der Waals surface area (Å²) in [4.78, 5) is 8.06. The Hall–Kier alpha value is -1.36. The van der Waals surface area contributed by atoms with Crippen LogP contribution in [-0.4, -0.2) is 16.1 Å². The van der Waals surface area contributed by atoms with E-state index in [1.807, 2.05) is 13.8 Å². The van der Waals surface area contributed by atoms with E-state index in [0.29, 0.717) is 11.7 Å². The summed E-state index contributed by atoms with van der Waals surface area (Å²) in [6.07, 6.45) is 3.70. The quantitative estimate of drug-likeness (QED) is 0.571. The Morgan fingerprint density at radius 3 is 2.87 bits per heavy atom. The van der Waals surface area contributed by atoms with Gasteiger partial charge < -0.3 is 10.2 Å². The van der Waals surface area contributed by atoms with Gasteiger partial charge in [-0.2, -0.15) is 0 Å². The fourth-order valence-corrected chi connectivity index (χ4v) is 1.35. The lowest BCUT2D eigenvalue weighted by Crippen LogP contribution is -2.15. The molecule has 1 rings (SSSR count). The summed E-state index contributed by atoms with van der Waals surface area (Å²) in [5.74, 6) is 6.51. The van der Waals surface area contributed by atoms with E-state index in [1.165, 1.54) is 6.33 Å². The molecule has 0 radical (unpaired) electrons. The second kappa shape index (κ2) is 5.50. The summed E-state index contributed by atoms with van der Waals surface area (Å²) < 4.78 is 5.68. The van der Waals surface area contributed by atoms with E-state index in [0.717, 1.165) is 18.4 Å². The molecule has 1 atom stereocenters. The Labute approximate surface area is 90.0 Å². The van der Waals surface area contributed by atoms with E-state index in [1.54, 1.807) is 0 Å². The van der Waals surface area contributed by atoms with Crippen molar-refractivity contribution in [1.82, 2.24) is 9.97 Å². The fraction of sp³-hybridized carbons (Fsp3) is 0.600. The van der Waals surface area contributed by atoms with Gasteiger partial charge in [0.25, 0.3) is 0 Å². The highest BCUT2D eigenvalue weighted by Crippen LogP contribution is 2.21. The molecule has 15 heavy (non-hydrogen) atoms. The Morgan fingerprint density at radius 1 is 1.53 bits per heavy atom. The Morgan fingerprint density at radius 2 is 2.27 bits per heavy atom. The highest BCUT2D eigenvalue weighted by Gasteiger charge is 2.10. The molecule has 1 unspecified atom stereocenters. The van der Waals surface area contributed by atoms with E-state index >= 15 is 0 Å². The van der Waals surface area contributed by atoms with Crippen molar-refractivity contribution >= 4 is 5.82 Å². The molecule has 0 saturated heterocycles. The van der Waals surface area contributed by atoms with Crippen LogP contribution in [0.5, 0.6) is 5.88 Å². The zero-order valence-corrected chi connectivity index (χ0v) is 9.45. The normalized spacial score (nSPS) is 12.3. The summed E-state index contributed by atoms with van der Waals surface area (Å²) in [5, 5.41) is 0. The molecule has 0 spiro atoms. The number of nitrogens with one attached hydrogen (secondary N) is 1. The first-order valence-corrected chi connectivity index (χ1v) is 5.13. The monoisotopic (exact) mass is 210 g/mol. The molecule has 5 heteroatoms. The van der Waals surface area contributed by atoms with Gasteiger partial charge >= 0.3 is 0 Å². The molecule has 0 aromatic carbocycles. The third-order valence-electron chi connectivity index (χ3n) is 2.18. The SMILES string of the molecule is CCCC(C)Oc1ncnc(NN)c1C. The summed E-state index contributed by atoms with van der Waals surface area (Å²) in [6, 6.07) is 0. The first-order valence-electron chi connectivity index (χ1n) is 5.13. The van der Waals surface area contributed by atoms with Crippen LogP contribution in [0.3, 0.4) is 0 Å². The summed E-state index contributed by atoms with van der Waals surface area (Å²) in [5.41, 5.74) is 3.35. The van der Waals surface area contributed by atoms with E-state index < -0.39 is 0 Å². The van der Waals surface area contributed by atoms with Crippen LogP contribution in [0.4, 0.5) is 5.82 Å². The molecule has 0 aliphatic heterocycles.